The van der Waals surface area contributed by atoms with Crippen LogP contribution in [0.2, 0.25) is 0 Å². The summed E-state index contributed by atoms with van der Waals surface area (Å²) in [5.41, 5.74) is 3.05. The van der Waals surface area contributed by atoms with E-state index in [4.69, 9.17) is 4.42 Å². The number of amides is 1. The van der Waals surface area contributed by atoms with Gasteiger partial charge in [-0.2, -0.15) is 0 Å². The molecular formula is C19H20N2O3. The third-order valence-corrected chi connectivity index (χ3v) is 4.25. The summed E-state index contributed by atoms with van der Waals surface area (Å²) >= 11 is 0. The van der Waals surface area contributed by atoms with Crippen LogP contribution in [0.3, 0.4) is 0 Å². The molecule has 1 unspecified atom stereocenters. The third-order valence-electron chi connectivity index (χ3n) is 4.25. The minimum atomic E-state index is -0.529. The first kappa shape index (κ1) is 16.1. The van der Waals surface area contributed by atoms with E-state index in [1.807, 2.05) is 24.3 Å². The number of benzene rings is 2. The zero-order valence-corrected chi connectivity index (χ0v) is 13.8. The van der Waals surface area contributed by atoms with Gasteiger partial charge in [-0.25, -0.2) is 4.79 Å². The molecule has 0 spiro atoms. The normalized spacial score (nSPS) is 12.2. The summed E-state index contributed by atoms with van der Waals surface area (Å²) in [6.07, 6.45) is 1.07. The monoisotopic (exact) mass is 324 g/mol. The molecule has 1 atom stereocenters. The fourth-order valence-corrected chi connectivity index (χ4v) is 2.64. The quantitative estimate of drug-likeness (QED) is 0.777. The van der Waals surface area contributed by atoms with Gasteiger partial charge in [0.25, 0.3) is 0 Å². The number of oxazole rings is 1. The summed E-state index contributed by atoms with van der Waals surface area (Å²) < 4.78 is 6.46. The highest BCUT2D eigenvalue weighted by Crippen LogP contribution is 2.20. The molecule has 1 amide bonds. The molecule has 0 saturated carbocycles. The predicted molar refractivity (Wildman–Crippen MR) is 94.3 cm³/mol. The van der Waals surface area contributed by atoms with E-state index in [9.17, 15) is 9.59 Å². The lowest BCUT2D eigenvalue weighted by Gasteiger charge is -2.10. The Hall–Kier alpha value is -2.82. The Balaban J connectivity index is 1.73. The van der Waals surface area contributed by atoms with Gasteiger partial charge in [-0.1, -0.05) is 38.1 Å². The molecule has 0 fully saturated rings. The van der Waals surface area contributed by atoms with Gasteiger partial charge in [0.15, 0.2) is 5.58 Å². The molecule has 5 nitrogen and oxygen atoms in total. The summed E-state index contributed by atoms with van der Waals surface area (Å²) in [6, 6.07) is 14.9. The van der Waals surface area contributed by atoms with Crippen molar-refractivity contribution in [2.24, 2.45) is 0 Å². The van der Waals surface area contributed by atoms with Crippen LogP contribution in [0.15, 0.2) is 57.7 Å². The van der Waals surface area contributed by atoms with Gasteiger partial charge in [-0.3, -0.25) is 9.36 Å². The van der Waals surface area contributed by atoms with Gasteiger partial charge in [-0.15, -0.1) is 0 Å². The molecular weight excluding hydrogens is 304 g/mol. The van der Waals surface area contributed by atoms with Crippen LogP contribution in [0.5, 0.6) is 0 Å². The van der Waals surface area contributed by atoms with Crippen LogP contribution in [0.4, 0.5) is 5.69 Å². The van der Waals surface area contributed by atoms with Crippen LogP contribution in [0.1, 0.15) is 31.7 Å². The second-order valence-electron chi connectivity index (χ2n) is 5.90. The minimum Gasteiger partial charge on any atom is -0.408 e. The summed E-state index contributed by atoms with van der Waals surface area (Å²) in [5.74, 6) is -0.302. The van der Waals surface area contributed by atoms with E-state index in [1.165, 1.54) is 10.1 Å². The highest BCUT2D eigenvalue weighted by Gasteiger charge is 2.12. The summed E-state index contributed by atoms with van der Waals surface area (Å²) in [4.78, 5) is 24.1. The lowest BCUT2D eigenvalue weighted by molar-refractivity contribution is -0.116. The molecule has 3 rings (SSSR count). The van der Waals surface area contributed by atoms with E-state index in [2.05, 4.69) is 19.2 Å². The van der Waals surface area contributed by atoms with Gasteiger partial charge in [0.1, 0.15) is 6.54 Å². The smallest absolute Gasteiger partial charge is 0.408 e. The van der Waals surface area contributed by atoms with Gasteiger partial charge < -0.3 is 9.73 Å². The Kier molecular flexibility index (Phi) is 4.51. The van der Waals surface area contributed by atoms with Crippen LogP contribution in [0.25, 0.3) is 11.1 Å². The van der Waals surface area contributed by atoms with Crippen LogP contribution >= 0.6 is 0 Å². The standard InChI is InChI=1S/C19H20N2O3/c1-3-13(2)14-8-10-15(11-9-14)20-18(22)12-21-16-6-4-5-7-17(16)24-19(21)23/h4-11,13H,3,12H2,1-2H3,(H,20,22). The van der Waals surface area contributed by atoms with Crippen molar-refractivity contribution in [1.82, 2.24) is 4.57 Å². The Morgan fingerprint density at radius 1 is 1.17 bits per heavy atom. The van der Waals surface area contributed by atoms with E-state index in [0.29, 0.717) is 22.7 Å². The Labute approximate surface area is 139 Å². The Morgan fingerprint density at radius 2 is 1.88 bits per heavy atom. The lowest BCUT2D eigenvalue weighted by atomic mass is 9.99. The van der Waals surface area contributed by atoms with Crippen molar-refractivity contribution in [3.63, 3.8) is 0 Å². The molecule has 2 aromatic carbocycles. The predicted octanol–water partition coefficient (Wildman–Crippen LogP) is 3.75. The maximum absolute atomic E-state index is 12.2. The fourth-order valence-electron chi connectivity index (χ4n) is 2.64. The van der Waals surface area contributed by atoms with Gasteiger partial charge in [0, 0.05) is 5.69 Å². The van der Waals surface area contributed by atoms with Gasteiger partial charge in [0.05, 0.1) is 5.52 Å². The molecule has 24 heavy (non-hydrogen) atoms. The Morgan fingerprint density at radius 3 is 2.58 bits per heavy atom. The average molecular weight is 324 g/mol. The number of carbonyl (C=O) groups is 1. The molecule has 0 aliphatic carbocycles. The van der Waals surface area contributed by atoms with Crippen molar-refractivity contribution in [1.29, 1.82) is 0 Å². The highest BCUT2D eigenvalue weighted by molar-refractivity contribution is 5.91. The molecule has 1 heterocycles. The van der Waals surface area contributed by atoms with Crippen LogP contribution in [-0.2, 0) is 11.3 Å². The molecule has 0 saturated heterocycles. The molecule has 1 N–H and O–H groups in total. The minimum absolute atomic E-state index is 0.0804. The van der Waals surface area contributed by atoms with Crippen molar-refractivity contribution >= 4 is 22.7 Å². The maximum atomic E-state index is 12.2. The number of anilines is 1. The number of nitrogens with zero attached hydrogens (tertiary/aromatic N) is 1. The molecule has 0 bridgehead atoms. The highest BCUT2D eigenvalue weighted by atomic mass is 16.4. The van der Waals surface area contributed by atoms with Crippen LogP contribution in [0, 0.1) is 0 Å². The van der Waals surface area contributed by atoms with Crippen molar-refractivity contribution in [3.05, 3.63) is 64.6 Å². The second kappa shape index (κ2) is 6.74. The summed E-state index contributed by atoms with van der Waals surface area (Å²) in [6.45, 7) is 4.24. The molecule has 0 aliphatic heterocycles. The Bertz CT molecular complexity index is 906. The van der Waals surface area contributed by atoms with Crippen molar-refractivity contribution < 1.29 is 9.21 Å². The number of aromatic nitrogens is 1. The zero-order valence-electron chi connectivity index (χ0n) is 13.8. The topological polar surface area (TPSA) is 64.2 Å². The van der Waals surface area contributed by atoms with Gasteiger partial charge in [-0.05, 0) is 42.2 Å². The first-order valence-electron chi connectivity index (χ1n) is 8.06. The summed E-state index contributed by atoms with van der Waals surface area (Å²) in [5, 5.41) is 2.82. The number of fused-ring (bicyclic) bond motifs is 1. The molecule has 3 aromatic rings. The molecule has 0 aliphatic rings. The number of nitrogens with one attached hydrogen (secondary N) is 1. The SMILES string of the molecule is CCC(C)c1ccc(NC(=O)Cn2c(=O)oc3ccccc32)cc1. The molecule has 5 heteroatoms. The lowest BCUT2D eigenvalue weighted by Crippen LogP contribution is -2.24. The molecule has 0 radical (unpaired) electrons. The number of para-hydroxylation sites is 2. The fraction of sp³-hybridized carbons (Fsp3) is 0.263. The number of hydrogen-bond donors (Lipinski definition) is 1. The van der Waals surface area contributed by atoms with Gasteiger partial charge in [0.2, 0.25) is 5.91 Å². The summed E-state index contributed by atoms with van der Waals surface area (Å²) in [7, 11) is 0. The number of rotatable bonds is 5. The van der Waals surface area contributed by atoms with Crippen LogP contribution in [-0.4, -0.2) is 10.5 Å². The zero-order chi connectivity index (χ0) is 17.1. The van der Waals surface area contributed by atoms with Crippen molar-refractivity contribution in [2.45, 2.75) is 32.7 Å². The number of carbonyl (C=O) groups excluding carboxylic acids is 1. The third kappa shape index (κ3) is 3.25. The first-order valence-corrected chi connectivity index (χ1v) is 8.06. The maximum Gasteiger partial charge on any atom is 0.420 e. The van der Waals surface area contributed by atoms with E-state index in [1.54, 1.807) is 24.3 Å². The average Bonchev–Trinajstić information content (AvgIpc) is 2.90. The molecule has 124 valence electrons. The largest absolute Gasteiger partial charge is 0.420 e. The number of hydrogen-bond acceptors (Lipinski definition) is 3. The molecule has 1 aromatic heterocycles. The van der Waals surface area contributed by atoms with Crippen molar-refractivity contribution in [2.75, 3.05) is 5.32 Å². The van der Waals surface area contributed by atoms with E-state index < -0.39 is 5.76 Å². The van der Waals surface area contributed by atoms with Crippen molar-refractivity contribution in [3.8, 4) is 0 Å². The van der Waals surface area contributed by atoms with E-state index in [-0.39, 0.29) is 12.5 Å². The first-order chi connectivity index (χ1) is 11.6. The van der Waals surface area contributed by atoms with Crippen LogP contribution < -0.4 is 11.1 Å². The second-order valence-corrected chi connectivity index (χ2v) is 5.90. The van der Waals surface area contributed by atoms with E-state index >= 15 is 0 Å². The van der Waals surface area contributed by atoms with Gasteiger partial charge >= 0.3 is 5.76 Å². The van der Waals surface area contributed by atoms with E-state index in [0.717, 1.165) is 6.42 Å².